The summed E-state index contributed by atoms with van der Waals surface area (Å²) in [6.07, 6.45) is 3.34. The van der Waals surface area contributed by atoms with Crippen molar-refractivity contribution < 1.29 is 14.6 Å². The summed E-state index contributed by atoms with van der Waals surface area (Å²) >= 11 is 0. The average molecular weight is 221 g/mol. The van der Waals surface area contributed by atoms with Crippen molar-refractivity contribution in [3.05, 3.63) is 24.0 Å². The Balaban J connectivity index is 1.93. The molecule has 16 heavy (non-hydrogen) atoms. The van der Waals surface area contributed by atoms with Gasteiger partial charge in [0.2, 0.25) is 0 Å². The molecule has 4 heteroatoms. The lowest BCUT2D eigenvalue weighted by Crippen LogP contribution is -2.54. The molecule has 1 unspecified atom stereocenters. The Hall–Kier alpha value is -1.13. The van der Waals surface area contributed by atoms with E-state index < -0.39 is 11.7 Å². The van der Waals surface area contributed by atoms with E-state index in [0.717, 1.165) is 24.3 Å². The Bertz CT molecular complexity index is 388. The number of hydrogen-bond acceptors (Lipinski definition) is 4. The molecule has 0 aromatic carbocycles. The topological polar surface area (TPSA) is 51.6 Å². The van der Waals surface area contributed by atoms with Gasteiger partial charge in [-0.1, -0.05) is 0 Å². The fourth-order valence-corrected chi connectivity index (χ4v) is 2.48. The Morgan fingerprint density at radius 1 is 1.38 bits per heavy atom. The van der Waals surface area contributed by atoms with Crippen LogP contribution in [0.25, 0.3) is 0 Å². The van der Waals surface area contributed by atoms with E-state index in [1.807, 2.05) is 12.1 Å². The van der Waals surface area contributed by atoms with E-state index in [9.17, 15) is 5.11 Å². The first-order chi connectivity index (χ1) is 7.80. The van der Waals surface area contributed by atoms with Crippen molar-refractivity contribution in [2.24, 2.45) is 0 Å². The van der Waals surface area contributed by atoms with E-state index >= 15 is 0 Å². The number of hydrogen-bond donors (Lipinski definition) is 1. The minimum Gasteiger partial charge on any atom is -0.482 e. The Morgan fingerprint density at radius 2 is 2.19 bits per heavy atom. The highest BCUT2D eigenvalue weighted by molar-refractivity contribution is 5.31. The van der Waals surface area contributed by atoms with Gasteiger partial charge in [0.1, 0.15) is 11.4 Å². The highest BCUT2D eigenvalue weighted by Gasteiger charge is 2.45. The first-order valence-electron chi connectivity index (χ1n) is 5.69. The van der Waals surface area contributed by atoms with Gasteiger partial charge in [0, 0.05) is 25.5 Å². The molecule has 0 saturated carbocycles. The molecule has 1 N–H and O–H groups in total. The molecule has 1 aromatic heterocycles. The van der Waals surface area contributed by atoms with E-state index in [-0.39, 0.29) is 0 Å². The van der Waals surface area contributed by atoms with Gasteiger partial charge in [-0.25, -0.2) is 0 Å². The third-order valence-corrected chi connectivity index (χ3v) is 3.49. The summed E-state index contributed by atoms with van der Waals surface area (Å²) in [6, 6.07) is 3.79. The fourth-order valence-electron chi connectivity index (χ4n) is 2.48. The second kappa shape index (κ2) is 3.71. The maximum Gasteiger partial charge on any atom is 0.141 e. The van der Waals surface area contributed by atoms with Crippen molar-refractivity contribution in [1.82, 2.24) is 4.98 Å². The van der Waals surface area contributed by atoms with Crippen molar-refractivity contribution in [2.75, 3.05) is 13.2 Å². The monoisotopic (exact) mass is 221 g/mol. The number of aliphatic hydroxyl groups is 1. The minimum atomic E-state index is -0.473. The molecule has 0 aliphatic carbocycles. The Labute approximate surface area is 94.2 Å². The van der Waals surface area contributed by atoms with Gasteiger partial charge in [-0.2, -0.15) is 0 Å². The molecule has 0 bridgehead atoms. The highest BCUT2D eigenvalue weighted by Crippen LogP contribution is 2.37. The minimum absolute atomic E-state index is 0.450. The number of pyridine rings is 1. The van der Waals surface area contributed by atoms with Crippen molar-refractivity contribution in [3.8, 4) is 5.75 Å². The maximum absolute atomic E-state index is 10.2. The summed E-state index contributed by atoms with van der Waals surface area (Å²) in [4.78, 5) is 4.23. The molecule has 86 valence electrons. The van der Waals surface area contributed by atoms with Crippen LogP contribution in [0.4, 0.5) is 0 Å². The third-order valence-electron chi connectivity index (χ3n) is 3.49. The van der Waals surface area contributed by atoms with Gasteiger partial charge in [0.25, 0.3) is 0 Å². The zero-order chi connectivity index (χ0) is 11.0. The van der Waals surface area contributed by atoms with E-state index in [4.69, 9.17) is 9.47 Å². The number of rotatable bonds is 0. The molecule has 1 spiro atoms. The van der Waals surface area contributed by atoms with Crippen LogP contribution in [0.5, 0.6) is 5.75 Å². The number of aromatic nitrogens is 1. The molecule has 1 aromatic rings. The summed E-state index contributed by atoms with van der Waals surface area (Å²) in [5, 5.41) is 10.2. The van der Waals surface area contributed by atoms with E-state index in [2.05, 4.69) is 4.98 Å². The van der Waals surface area contributed by atoms with Gasteiger partial charge >= 0.3 is 0 Å². The maximum atomic E-state index is 10.2. The van der Waals surface area contributed by atoms with Crippen molar-refractivity contribution >= 4 is 0 Å². The van der Waals surface area contributed by atoms with Crippen LogP contribution in [-0.2, 0) is 11.2 Å². The van der Waals surface area contributed by atoms with Gasteiger partial charge in [-0.05, 0) is 12.1 Å². The van der Waals surface area contributed by atoms with Gasteiger partial charge in [-0.3, -0.25) is 4.98 Å². The fraction of sp³-hybridized carbons (Fsp3) is 0.583. The van der Waals surface area contributed by atoms with Crippen molar-refractivity contribution in [1.29, 1.82) is 0 Å². The SMILES string of the molecule is OC1Cc2ncccc2OC12CCOCC2. The molecule has 3 rings (SSSR count). The lowest BCUT2D eigenvalue weighted by atomic mass is 9.83. The zero-order valence-electron chi connectivity index (χ0n) is 9.06. The summed E-state index contributed by atoms with van der Waals surface area (Å²) < 4.78 is 11.3. The predicted molar refractivity (Wildman–Crippen MR) is 57.4 cm³/mol. The predicted octanol–water partition coefficient (Wildman–Crippen LogP) is 0.927. The largest absolute Gasteiger partial charge is 0.482 e. The lowest BCUT2D eigenvalue weighted by molar-refractivity contribution is -0.124. The van der Waals surface area contributed by atoms with E-state index in [1.165, 1.54) is 0 Å². The molecule has 4 nitrogen and oxygen atoms in total. The number of nitrogens with zero attached hydrogens (tertiary/aromatic N) is 1. The Kier molecular flexibility index (Phi) is 2.33. The summed E-state index contributed by atoms with van der Waals surface area (Å²) in [6.45, 7) is 1.32. The molecule has 2 aliphatic heterocycles. The molecule has 0 amide bonds. The molecule has 1 fully saturated rings. The average Bonchev–Trinajstić information content (AvgIpc) is 2.32. The first-order valence-corrected chi connectivity index (χ1v) is 5.69. The quantitative estimate of drug-likeness (QED) is 0.708. The van der Waals surface area contributed by atoms with Gasteiger partial charge in [0.05, 0.1) is 25.0 Å². The van der Waals surface area contributed by atoms with Crippen molar-refractivity contribution in [3.63, 3.8) is 0 Å². The normalized spacial score (nSPS) is 27.2. The molecule has 1 saturated heterocycles. The molecule has 0 radical (unpaired) electrons. The molecule has 1 atom stereocenters. The van der Waals surface area contributed by atoms with Crippen LogP contribution in [0.15, 0.2) is 18.3 Å². The molecule has 3 heterocycles. The summed E-state index contributed by atoms with van der Waals surface area (Å²) in [5.41, 5.74) is 0.404. The van der Waals surface area contributed by atoms with Crippen LogP contribution in [0.2, 0.25) is 0 Å². The first kappa shape index (κ1) is 10.1. The van der Waals surface area contributed by atoms with Crippen LogP contribution in [0.3, 0.4) is 0 Å². The van der Waals surface area contributed by atoms with Crippen molar-refractivity contribution in [2.45, 2.75) is 31.0 Å². The molecular weight excluding hydrogens is 206 g/mol. The van der Waals surface area contributed by atoms with Gasteiger partial charge in [-0.15, -0.1) is 0 Å². The zero-order valence-corrected chi connectivity index (χ0v) is 9.06. The van der Waals surface area contributed by atoms with Crippen LogP contribution < -0.4 is 4.74 Å². The van der Waals surface area contributed by atoms with Crippen LogP contribution in [0.1, 0.15) is 18.5 Å². The summed E-state index contributed by atoms with van der Waals surface area (Å²) in [5.74, 6) is 0.815. The number of ether oxygens (including phenoxy) is 2. The van der Waals surface area contributed by atoms with Gasteiger partial charge < -0.3 is 14.6 Å². The van der Waals surface area contributed by atoms with Crippen LogP contribution in [0, 0.1) is 0 Å². The Morgan fingerprint density at radius 3 is 3.00 bits per heavy atom. The molecular formula is C12H15NO3. The van der Waals surface area contributed by atoms with E-state index in [0.29, 0.717) is 19.6 Å². The van der Waals surface area contributed by atoms with Crippen LogP contribution in [-0.4, -0.2) is 35.0 Å². The van der Waals surface area contributed by atoms with E-state index in [1.54, 1.807) is 6.20 Å². The second-order valence-electron chi connectivity index (χ2n) is 4.45. The van der Waals surface area contributed by atoms with Gasteiger partial charge in [0.15, 0.2) is 0 Å². The van der Waals surface area contributed by atoms with Crippen LogP contribution >= 0.6 is 0 Å². The second-order valence-corrected chi connectivity index (χ2v) is 4.45. The summed E-state index contributed by atoms with van der Waals surface area (Å²) in [7, 11) is 0. The number of fused-ring (bicyclic) bond motifs is 1. The molecule has 2 aliphatic rings. The third kappa shape index (κ3) is 1.49. The standard InChI is InChI=1S/C12H15NO3/c14-11-8-9-10(2-1-5-13-9)16-12(11)3-6-15-7-4-12/h1-2,5,11,14H,3-4,6-8H2. The highest BCUT2D eigenvalue weighted by atomic mass is 16.5. The lowest BCUT2D eigenvalue weighted by Gasteiger charge is -2.44. The smallest absolute Gasteiger partial charge is 0.141 e. The number of aliphatic hydroxyl groups excluding tert-OH is 1.